The minimum Gasteiger partial charge on any atom is -0.354 e. The summed E-state index contributed by atoms with van der Waals surface area (Å²) in [5.41, 5.74) is 4.72. The lowest BCUT2D eigenvalue weighted by Gasteiger charge is -2.00. The first-order valence-corrected chi connectivity index (χ1v) is 6.96. The van der Waals surface area contributed by atoms with E-state index in [0.29, 0.717) is 10.6 Å². The van der Waals surface area contributed by atoms with Crippen LogP contribution in [0.1, 0.15) is 22.8 Å². The molecule has 0 fully saturated rings. The molecular formula is C17H14ClNO. The second kappa shape index (κ2) is 5.14. The zero-order chi connectivity index (χ0) is 14.1. The highest BCUT2D eigenvalue weighted by molar-refractivity contribution is 6.30. The zero-order valence-electron chi connectivity index (χ0n) is 11.1. The number of aryl methyl sites for hydroxylation is 1. The molecule has 0 saturated carbocycles. The van der Waals surface area contributed by atoms with Crippen molar-refractivity contribution >= 4 is 28.8 Å². The number of fused-ring (bicyclic) bond motifs is 1. The van der Waals surface area contributed by atoms with Gasteiger partial charge in [-0.25, -0.2) is 0 Å². The number of H-pyrrole nitrogens is 1. The van der Waals surface area contributed by atoms with Crippen LogP contribution in [0, 0.1) is 0 Å². The second-order valence-corrected chi connectivity index (χ2v) is 5.21. The first-order chi connectivity index (χ1) is 9.72. The molecule has 0 atom stereocenters. The Morgan fingerprint density at radius 1 is 1.15 bits per heavy atom. The molecule has 0 aliphatic carbocycles. The molecule has 3 aromatic rings. The van der Waals surface area contributed by atoms with Gasteiger partial charge in [0.2, 0.25) is 0 Å². The molecule has 1 heterocycles. The molecule has 2 aromatic carbocycles. The van der Waals surface area contributed by atoms with Crippen LogP contribution in [0.5, 0.6) is 0 Å². The first-order valence-electron chi connectivity index (χ1n) is 6.58. The van der Waals surface area contributed by atoms with Gasteiger partial charge in [0, 0.05) is 21.5 Å². The largest absolute Gasteiger partial charge is 0.354 e. The van der Waals surface area contributed by atoms with Gasteiger partial charge >= 0.3 is 0 Å². The van der Waals surface area contributed by atoms with Gasteiger partial charge in [0.1, 0.15) is 0 Å². The Morgan fingerprint density at radius 3 is 2.55 bits per heavy atom. The van der Waals surface area contributed by atoms with Crippen LogP contribution < -0.4 is 0 Å². The molecule has 1 N–H and O–H groups in total. The molecule has 0 unspecified atom stereocenters. The number of aromatic amines is 1. The Kier molecular flexibility index (Phi) is 3.33. The number of halogens is 1. The molecule has 0 amide bonds. The van der Waals surface area contributed by atoms with Crippen molar-refractivity contribution < 1.29 is 4.79 Å². The van der Waals surface area contributed by atoms with Crippen molar-refractivity contribution in [2.24, 2.45) is 0 Å². The zero-order valence-corrected chi connectivity index (χ0v) is 11.9. The summed E-state index contributed by atoms with van der Waals surface area (Å²) in [6.45, 7) is 2.11. The Balaban J connectivity index is 2.25. The molecule has 3 heteroatoms. The average molecular weight is 284 g/mol. The van der Waals surface area contributed by atoms with Crippen molar-refractivity contribution in [3.05, 3.63) is 58.6 Å². The van der Waals surface area contributed by atoms with Crippen LogP contribution in [0.3, 0.4) is 0 Å². The third-order valence-electron chi connectivity index (χ3n) is 3.56. The van der Waals surface area contributed by atoms with Crippen LogP contribution in [0.25, 0.3) is 22.2 Å². The summed E-state index contributed by atoms with van der Waals surface area (Å²) in [6.07, 6.45) is 1.87. The highest BCUT2D eigenvalue weighted by Crippen LogP contribution is 2.30. The second-order valence-electron chi connectivity index (χ2n) is 4.77. The highest BCUT2D eigenvalue weighted by atomic mass is 35.5. The SMILES string of the molecule is CCc1ccc2[nH]c(-c3ccc(Cl)cc3)c(C=O)c2c1. The Labute approximate surface area is 122 Å². The summed E-state index contributed by atoms with van der Waals surface area (Å²) >= 11 is 5.91. The standard InChI is InChI=1S/C17H14ClNO/c1-2-11-3-8-16-14(9-11)15(10-20)17(19-16)12-4-6-13(18)7-5-12/h3-10,19H,2H2,1H3. The number of hydrogen-bond donors (Lipinski definition) is 1. The van der Waals surface area contributed by atoms with E-state index >= 15 is 0 Å². The van der Waals surface area contributed by atoms with E-state index in [0.717, 1.165) is 34.9 Å². The summed E-state index contributed by atoms with van der Waals surface area (Å²) in [5, 5.41) is 1.66. The van der Waals surface area contributed by atoms with Crippen molar-refractivity contribution in [1.82, 2.24) is 4.98 Å². The van der Waals surface area contributed by atoms with E-state index in [4.69, 9.17) is 11.6 Å². The van der Waals surface area contributed by atoms with Crippen LogP contribution in [0.2, 0.25) is 5.02 Å². The van der Waals surface area contributed by atoms with Gasteiger partial charge in [-0.1, -0.05) is 36.7 Å². The minimum absolute atomic E-state index is 0.686. The lowest BCUT2D eigenvalue weighted by Crippen LogP contribution is -1.84. The van der Waals surface area contributed by atoms with Gasteiger partial charge in [-0.15, -0.1) is 0 Å². The predicted octanol–water partition coefficient (Wildman–Crippen LogP) is 4.86. The molecule has 0 aliphatic rings. The summed E-state index contributed by atoms with van der Waals surface area (Å²) in [6, 6.07) is 13.7. The maximum Gasteiger partial charge on any atom is 0.152 e. The van der Waals surface area contributed by atoms with Crippen molar-refractivity contribution in [3.8, 4) is 11.3 Å². The summed E-state index contributed by atoms with van der Waals surface area (Å²) in [4.78, 5) is 14.8. The topological polar surface area (TPSA) is 32.9 Å². The first kappa shape index (κ1) is 12.9. The van der Waals surface area contributed by atoms with Gasteiger partial charge in [0.15, 0.2) is 6.29 Å². The summed E-state index contributed by atoms with van der Waals surface area (Å²) in [5.74, 6) is 0. The molecule has 3 rings (SSSR count). The maximum absolute atomic E-state index is 11.5. The van der Waals surface area contributed by atoms with E-state index in [9.17, 15) is 4.79 Å². The number of nitrogens with one attached hydrogen (secondary N) is 1. The minimum atomic E-state index is 0.686. The summed E-state index contributed by atoms with van der Waals surface area (Å²) < 4.78 is 0. The molecular weight excluding hydrogens is 270 g/mol. The number of hydrogen-bond acceptors (Lipinski definition) is 1. The fraction of sp³-hybridized carbons (Fsp3) is 0.118. The van der Waals surface area contributed by atoms with Crippen LogP contribution in [-0.2, 0) is 6.42 Å². The quantitative estimate of drug-likeness (QED) is 0.684. The molecule has 0 spiro atoms. The molecule has 1 aromatic heterocycles. The Morgan fingerprint density at radius 2 is 1.90 bits per heavy atom. The number of aldehydes is 1. The molecule has 2 nitrogen and oxygen atoms in total. The fourth-order valence-electron chi connectivity index (χ4n) is 2.45. The lowest BCUT2D eigenvalue weighted by molar-refractivity contribution is 0.112. The number of aromatic nitrogens is 1. The predicted molar refractivity (Wildman–Crippen MR) is 83.5 cm³/mol. The highest BCUT2D eigenvalue weighted by Gasteiger charge is 2.12. The number of benzene rings is 2. The van der Waals surface area contributed by atoms with E-state index < -0.39 is 0 Å². The monoisotopic (exact) mass is 283 g/mol. The van der Waals surface area contributed by atoms with Crippen molar-refractivity contribution in [1.29, 1.82) is 0 Å². The van der Waals surface area contributed by atoms with E-state index in [-0.39, 0.29) is 0 Å². The third kappa shape index (κ3) is 2.12. The molecule has 0 radical (unpaired) electrons. The van der Waals surface area contributed by atoms with E-state index in [1.54, 1.807) is 0 Å². The van der Waals surface area contributed by atoms with Crippen molar-refractivity contribution in [2.75, 3.05) is 0 Å². The molecule has 100 valence electrons. The number of rotatable bonds is 3. The fourth-order valence-corrected chi connectivity index (χ4v) is 2.57. The number of carbonyl (C=O) groups excluding carboxylic acids is 1. The smallest absolute Gasteiger partial charge is 0.152 e. The van der Waals surface area contributed by atoms with Gasteiger partial charge in [-0.3, -0.25) is 4.79 Å². The Hall–Kier alpha value is -2.06. The number of carbonyl (C=O) groups is 1. The van der Waals surface area contributed by atoms with Crippen molar-refractivity contribution in [3.63, 3.8) is 0 Å². The van der Waals surface area contributed by atoms with Crippen LogP contribution in [-0.4, -0.2) is 11.3 Å². The lowest BCUT2D eigenvalue weighted by atomic mass is 10.0. The van der Waals surface area contributed by atoms with Gasteiger partial charge in [-0.05, 0) is 41.8 Å². The van der Waals surface area contributed by atoms with E-state index in [1.165, 1.54) is 5.56 Å². The van der Waals surface area contributed by atoms with Crippen LogP contribution >= 0.6 is 11.6 Å². The summed E-state index contributed by atoms with van der Waals surface area (Å²) in [7, 11) is 0. The average Bonchev–Trinajstić information content (AvgIpc) is 2.85. The maximum atomic E-state index is 11.5. The third-order valence-corrected chi connectivity index (χ3v) is 3.81. The van der Waals surface area contributed by atoms with Gasteiger partial charge in [0.05, 0.1) is 5.69 Å². The van der Waals surface area contributed by atoms with Gasteiger partial charge in [-0.2, -0.15) is 0 Å². The molecule has 0 bridgehead atoms. The normalized spacial score (nSPS) is 10.9. The van der Waals surface area contributed by atoms with Gasteiger partial charge < -0.3 is 4.98 Å². The van der Waals surface area contributed by atoms with Crippen molar-refractivity contribution in [2.45, 2.75) is 13.3 Å². The van der Waals surface area contributed by atoms with Gasteiger partial charge in [0.25, 0.3) is 0 Å². The Bertz CT molecular complexity index is 772. The van der Waals surface area contributed by atoms with E-state index in [1.807, 2.05) is 30.3 Å². The van der Waals surface area contributed by atoms with Crippen LogP contribution in [0.4, 0.5) is 0 Å². The molecule has 20 heavy (non-hydrogen) atoms. The molecule has 0 saturated heterocycles. The van der Waals surface area contributed by atoms with E-state index in [2.05, 4.69) is 24.0 Å². The molecule has 0 aliphatic heterocycles. The van der Waals surface area contributed by atoms with Crippen LogP contribution in [0.15, 0.2) is 42.5 Å².